The van der Waals surface area contributed by atoms with E-state index in [-0.39, 0.29) is 54.6 Å². The fourth-order valence-corrected chi connectivity index (χ4v) is 7.64. The van der Waals surface area contributed by atoms with Crippen LogP contribution in [0.15, 0.2) is 59.1 Å². The van der Waals surface area contributed by atoms with E-state index in [1.165, 1.54) is 77.0 Å². The maximum Gasteiger partial charge on any atom is 0.410 e. The van der Waals surface area contributed by atoms with E-state index in [1.807, 2.05) is 6.92 Å². The highest BCUT2D eigenvalue weighted by Crippen LogP contribution is 2.52. The van der Waals surface area contributed by atoms with Crippen LogP contribution in [-0.4, -0.2) is 84.4 Å². The van der Waals surface area contributed by atoms with E-state index in [1.54, 1.807) is 0 Å². The molecule has 6 atom stereocenters. The lowest BCUT2D eigenvalue weighted by Crippen LogP contribution is -2.63. The zero-order valence-corrected chi connectivity index (χ0v) is 25.7. The Bertz CT molecular complexity index is 1560. The third kappa shape index (κ3) is 6.41. The lowest BCUT2D eigenvalue weighted by atomic mass is 9.79. The number of benzene rings is 2. The number of fused-ring (bicyclic) bond motifs is 1. The number of nitro groups is 2. The van der Waals surface area contributed by atoms with Crippen molar-refractivity contribution in [2.45, 2.75) is 56.9 Å². The number of thioether (sulfide) groups is 1. The number of ether oxygens (including phenoxy) is 2. The van der Waals surface area contributed by atoms with Gasteiger partial charge in [-0.25, -0.2) is 9.59 Å². The van der Waals surface area contributed by atoms with Crippen LogP contribution in [0.1, 0.15) is 31.4 Å². The molecule has 2 saturated heterocycles. The van der Waals surface area contributed by atoms with Crippen LogP contribution < -0.4 is 0 Å². The molecule has 3 heterocycles. The molecule has 0 aliphatic carbocycles. The molecule has 0 spiro atoms. The number of amides is 2. The van der Waals surface area contributed by atoms with Crippen molar-refractivity contribution in [1.29, 1.82) is 0 Å². The molecule has 0 aromatic heterocycles. The summed E-state index contributed by atoms with van der Waals surface area (Å²) in [7, 11) is 0. The summed E-state index contributed by atoms with van der Waals surface area (Å²) in [6, 6.07) is 10.1. The molecular weight excluding hydrogens is 624 g/mol. The second-order valence-electron chi connectivity index (χ2n) is 11.4. The summed E-state index contributed by atoms with van der Waals surface area (Å²) < 4.78 is 11.0. The molecule has 2 aromatic rings. The van der Waals surface area contributed by atoms with E-state index in [0.717, 1.165) is 0 Å². The third-order valence-electron chi connectivity index (χ3n) is 8.44. The van der Waals surface area contributed by atoms with Crippen LogP contribution in [0.4, 0.5) is 16.2 Å². The molecule has 0 bridgehead atoms. The number of non-ortho nitro benzene ring substituents is 2. The van der Waals surface area contributed by atoms with Crippen molar-refractivity contribution in [3.63, 3.8) is 0 Å². The van der Waals surface area contributed by atoms with Crippen molar-refractivity contribution in [3.05, 3.63) is 90.5 Å². The van der Waals surface area contributed by atoms with Crippen LogP contribution >= 0.6 is 11.8 Å². The molecule has 15 nitrogen and oxygen atoms in total. The summed E-state index contributed by atoms with van der Waals surface area (Å²) in [6.45, 7) is 2.90. The first kappa shape index (κ1) is 32.8. The average Bonchev–Trinajstić information content (AvgIpc) is 3.55. The Hall–Kier alpha value is -4.54. The minimum Gasteiger partial charge on any atom is -0.456 e. The number of carbonyl (C=O) groups excluding carboxylic acids is 3. The van der Waals surface area contributed by atoms with Gasteiger partial charge in [0, 0.05) is 46.9 Å². The van der Waals surface area contributed by atoms with Crippen molar-refractivity contribution in [2.24, 2.45) is 11.8 Å². The fourth-order valence-electron chi connectivity index (χ4n) is 6.08. The van der Waals surface area contributed by atoms with Crippen molar-refractivity contribution < 1.29 is 43.9 Å². The van der Waals surface area contributed by atoms with Crippen molar-refractivity contribution in [3.8, 4) is 0 Å². The van der Waals surface area contributed by atoms with Crippen LogP contribution in [0, 0.1) is 32.1 Å². The zero-order chi connectivity index (χ0) is 33.3. The van der Waals surface area contributed by atoms with Crippen molar-refractivity contribution in [2.75, 3.05) is 13.2 Å². The second-order valence-corrected chi connectivity index (χ2v) is 12.8. The predicted octanol–water partition coefficient (Wildman–Crippen LogP) is 3.12. The molecule has 5 rings (SSSR count). The van der Waals surface area contributed by atoms with Gasteiger partial charge in [0.1, 0.15) is 18.9 Å². The van der Waals surface area contributed by atoms with Crippen LogP contribution in [0.5, 0.6) is 0 Å². The van der Waals surface area contributed by atoms with Gasteiger partial charge in [-0.2, -0.15) is 0 Å². The Kier molecular flexibility index (Phi) is 9.60. The minimum absolute atomic E-state index is 0.0612. The second kappa shape index (κ2) is 13.4. The number of esters is 1. The summed E-state index contributed by atoms with van der Waals surface area (Å²) in [5, 5.41) is 41.9. The van der Waals surface area contributed by atoms with Gasteiger partial charge in [0.05, 0.1) is 40.6 Å². The Morgan fingerprint density at radius 3 is 2.04 bits per heavy atom. The van der Waals surface area contributed by atoms with E-state index in [2.05, 4.69) is 0 Å². The van der Waals surface area contributed by atoms with Crippen LogP contribution in [-0.2, 0) is 32.3 Å². The zero-order valence-electron chi connectivity index (χ0n) is 24.9. The van der Waals surface area contributed by atoms with Gasteiger partial charge in [0.25, 0.3) is 11.4 Å². The number of β-lactam (4-membered cyclic amide) rings is 1. The highest BCUT2D eigenvalue weighted by molar-refractivity contribution is 8.03. The summed E-state index contributed by atoms with van der Waals surface area (Å²) in [4.78, 5) is 63.7. The SMILES string of the molecule is CC(O)[C@H]1C(=O)N2C(C(=O)OCc3ccc([N+](=O)[O-])cc3)=C(S[C@H]3C[C@@H](CO)N(C(=O)OCc4ccc([N+](=O)[O-])cc4)C3)[C@H](C)[C@H]12. The molecule has 0 radical (unpaired) electrons. The molecule has 244 valence electrons. The third-order valence-corrected chi connectivity index (χ3v) is 9.94. The first-order valence-corrected chi connectivity index (χ1v) is 15.4. The Morgan fingerprint density at radius 1 is 1.00 bits per heavy atom. The van der Waals surface area contributed by atoms with Crippen molar-refractivity contribution >= 4 is 41.1 Å². The molecule has 46 heavy (non-hydrogen) atoms. The molecule has 1 unspecified atom stereocenters. The van der Waals surface area contributed by atoms with Gasteiger partial charge in [0.15, 0.2) is 0 Å². The summed E-state index contributed by atoms with van der Waals surface area (Å²) >= 11 is 1.31. The fraction of sp³-hybridized carbons (Fsp3) is 0.433. The molecule has 2 N–H and O–H groups in total. The van der Waals surface area contributed by atoms with E-state index in [4.69, 9.17) is 9.47 Å². The molecule has 0 saturated carbocycles. The molecule has 16 heteroatoms. The van der Waals surface area contributed by atoms with Gasteiger partial charge in [0.2, 0.25) is 5.91 Å². The number of carbonyl (C=O) groups is 3. The number of rotatable bonds is 11. The summed E-state index contributed by atoms with van der Waals surface area (Å²) in [5.74, 6) is -2.20. The summed E-state index contributed by atoms with van der Waals surface area (Å²) in [6.07, 6.45) is -1.25. The number of aliphatic hydroxyl groups is 2. The number of nitro benzene ring substituents is 2. The normalized spacial score (nSPS) is 24.3. The number of hydrogen-bond acceptors (Lipinski definition) is 12. The van der Waals surface area contributed by atoms with E-state index in [0.29, 0.717) is 22.5 Å². The lowest BCUT2D eigenvalue weighted by molar-refractivity contribution is -0.385. The van der Waals surface area contributed by atoms with Crippen LogP contribution in [0.25, 0.3) is 0 Å². The monoisotopic (exact) mass is 656 g/mol. The van der Waals surface area contributed by atoms with Gasteiger partial charge >= 0.3 is 12.1 Å². The molecule has 3 aliphatic rings. The first-order chi connectivity index (χ1) is 21.9. The van der Waals surface area contributed by atoms with Gasteiger partial charge < -0.3 is 29.5 Å². The van der Waals surface area contributed by atoms with Crippen LogP contribution in [0.2, 0.25) is 0 Å². The van der Waals surface area contributed by atoms with E-state index in [9.17, 15) is 44.8 Å². The Balaban J connectivity index is 1.30. The quantitative estimate of drug-likeness (QED) is 0.155. The molecule has 2 aromatic carbocycles. The maximum absolute atomic E-state index is 13.5. The number of likely N-dealkylation sites (tertiary alicyclic amines) is 1. The lowest BCUT2D eigenvalue weighted by Gasteiger charge is -2.46. The number of hydrogen-bond donors (Lipinski definition) is 2. The van der Waals surface area contributed by atoms with Crippen molar-refractivity contribution in [1.82, 2.24) is 9.80 Å². The maximum atomic E-state index is 13.5. The standard InChI is InChI=1S/C30H32N4O11S/c1-16-25-24(17(2)36)28(37)32(25)26(29(38)44-14-18-3-7-20(8-4-18)33(40)41)27(16)46-23-11-22(13-35)31(12-23)30(39)45-15-19-5-9-21(10-6-19)34(42)43/h3-10,16-17,22-25,35-36H,11-15H2,1-2H3/t16-,17?,22+,23+,24-,25-/m1/s1. The predicted molar refractivity (Wildman–Crippen MR) is 162 cm³/mol. The molecule has 3 aliphatic heterocycles. The Labute approximate surface area is 267 Å². The van der Waals surface area contributed by atoms with E-state index >= 15 is 0 Å². The molecule has 2 fully saturated rings. The molecule has 2 amide bonds. The topological polar surface area (TPSA) is 203 Å². The van der Waals surface area contributed by atoms with Gasteiger partial charge in [-0.3, -0.25) is 25.0 Å². The summed E-state index contributed by atoms with van der Waals surface area (Å²) in [5.41, 5.74) is 0.921. The Morgan fingerprint density at radius 2 is 1.54 bits per heavy atom. The minimum atomic E-state index is -0.941. The average molecular weight is 657 g/mol. The van der Waals surface area contributed by atoms with Gasteiger partial charge in [-0.15, -0.1) is 11.8 Å². The highest BCUT2D eigenvalue weighted by Gasteiger charge is 2.60. The highest BCUT2D eigenvalue weighted by atomic mass is 32.2. The number of aliphatic hydroxyl groups excluding tert-OH is 2. The number of nitrogens with zero attached hydrogens (tertiary/aromatic N) is 4. The van der Waals surface area contributed by atoms with Gasteiger partial charge in [-0.1, -0.05) is 6.92 Å². The molecular formula is C30H32N4O11S. The van der Waals surface area contributed by atoms with Crippen LogP contribution in [0.3, 0.4) is 0 Å². The first-order valence-electron chi connectivity index (χ1n) is 14.5. The largest absolute Gasteiger partial charge is 0.456 e. The van der Waals surface area contributed by atoms with E-state index < -0.39 is 51.9 Å². The van der Waals surface area contributed by atoms with Gasteiger partial charge in [-0.05, 0) is 48.7 Å². The smallest absolute Gasteiger partial charge is 0.410 e.